The molecule has 0 aliphatic heterocycles. The van der Waals surface area contributed by atoms with Gasteiger partial charge in [0.2, 0.25) is 0 Å². The highest BCUT2D eigenvalue weighted by Gasteiger charge is 2.18. The topological polar surface area (TPSA) is 36.4 Å². The highest BCUT2D eigenvalue weighted by atomic mass is 16.3. The minimum absolute atomic E-state index is 0.431. The lowest BCUT2D eigenvalue weighted by atomic mass is 9.94. The number of nitrogens with zero attached hydrogens (tertiary/aromatic N) is 2. The molecule has 3 nitrogen and oxygen atoms in total. The van der Waals surface area contributed by atoms with Crippen LogP contribution in [0.1, 0.15) is 57.2 Å². The van der Waals surface area contributed by atoms with Crippen molar-refractivity contribution in [1.29, 1.82) is 0 Å². The fourth-order valence-electron chi connectivity index (χ4n) is 2.69. The lowest BCUT2D eigenvalue weighted by Crippen LogP contribution is -2.33. The standard InChI is InChI=1S/C15H24N2O/c1-3-15(18)14-10-9-13(11-16-14)17(2)12-7-5-4-6-8-12/h9-12,15,18H,3-8H2,1-2H3/t15-/m0/s1. The molecule has 0 spiro atoms. The highest BCUT2D eigenvalue weighted by molar-refractivity contribution is 5.45. The zero-order valence-corrected chi connectivity index (χ0v) is 11.5. The molecule has 100 valence electrons. The van der Waals surface area contributed by atoms with Crippen molar-refractivity contribution < 1.29 is 5.11 Å². The van der Waals surface area contributed by atoms with Gasteiger partial charge in [-0.1, -0.05) is 26.2 Å². The van der Waals surface area contributed by atoms with Gasteiger partial charge in [0.05, 0.1) is 23.7 Å². The first-order valence-corrected chi connectivity index (χ1v) is 7.09. The predicted molar refractivity (Wildman–Crippen MR) is 74.8 cm³/mol. The zero-order valence-electron chi connectivity index (χ0n) is 11.5. The molecular formula is C15H24N2O. The second-order valence-corrected chi connectivity index (χ2v) is 5.27. The molecule has 1 aliphatic carbocycles. The van der Waals surface area contributed by atoms with Crippen molar-refractivity contribution in [3.8, 4) is 0 Å². The summed E-state index contributed by atoms with van der Waals surface area (Å²) < 4.78 is 0. The first-order valence-electron chi connectivity index (χ1n) is 7.09. The number of aliphatic hydroxyl groups is 1. The van der Waals surface area contributed by atoms with Crippen molar-refractivity contribution in [3.05, 3.63) is 24.0 Å². The molecule has 18 heavy (non-hydrogen) atoms. The third kappa shape index (κ3) is 3.02. The van der Waals surface area contributed by atoms with Crippen molar-refractivity contribution in [2.45, 2.75) is 57.6 Å². The largest absolute Gasteiger partial charge is 0.387 e. The maximum absolute atomic E-state index is 9.73. The van der Waals surface area contributed by atoms with Crippen molar-refractivity contribution in [1.82, 2.24) is 4.98 Å². The maximum atomic E-state index is 9.73. The van der Waals surface area contributed by atoms with Gasteiger partial charge in [0.1, 0.15) is 0 Å². The summed E-state index contributed by atoms with van der Waals surface area (Å²) in [5.41, 5.74) is 1.94. The summed E-state index contributed by atoms with van der Waals surface area (Å²) in [7, 11) is 2.16. The molecule has 1 saturated carbocycles. The number of aromatic nitrogens is 1. The Kier molecular flexibility index (Phi) is 4.59. The Morgan fingerprint density at radius 3 is 2.61 bits per heavy atom. The third-order valence-electron chi connectivity index (χ3n) is 4.03. The van der Waals surface area contributed by atoms with E-state index in [1.165, 1.54) is 32.1 Å². The molecule has 0 unspecified atom stereocenters. The van der Waals surface area contributed by atoms with Gasteiger partial charge in [0.15, 0.2) is 0 Å². The van der Waals surface area contributed by atoms with Crippen LogP contribution < -0.4 is 4.90 Å². The minimum atomic E-state index is -0.431. The van der Waals surface area contributed by atoms with E-state index in [0.717, 1.165) is 11.4 Å². The van der Waals surface area contributed by atoms with Gasteiger partial charge in [-0.25, -0.2) is 0 Å². The van der Waals surface area contributed by atoms with Crippen LogP contribution in [0, 0.1) is 0 Å². The van der Waals surface area contributed by atoms with E-state index in [2.05, 4.69) is 23.0 Å². The summed E-state index contributed by atoms with van der Waals surface area (Å²) >= 11 is 0. The molecule has 1 atom stereocenters. The summed E-state index contributed by atoms with van der Waals surface area (Å²) in [6.45, 7) is 1.97. The minimum Gasteiger partial charge on any atom is -0.387 e. The van der Waals surface area contributed by atoms with Gasteiger partial charge in [-0.05, 0) is 31.4 Å². The second kappa shape index (κ2) is 6.19. The summed E-state index contributed by atoms with van der Waals surface area (Å²) in [4.78, 5) is 6.72. The maximum Gasteiger partial charge on any atom is 0.0957 e. The summed E-state index contributed by atoms with van der Waals surface area (Å²) in [5, 5.41) is 9.73. The number of hydrogen-bond acceptors (Lipinski definition) is 3. The van der Waals surface area contributed by atoms with E-state index in [-0.39, 0.29) is 0 Å². The Labute approximate surface area is 110 Å². The Balaban J connectivity index is 2.03. The van der Waals surface area contributed by atoms with Gasteiger partial charge >= 0.3 is 0 Å². The van der Waals surface area contributed by atoms with Crippen LogP contribution in [-0.2, 0) is 0 Å². The summed E-state index contributed by atoms with van der Waals surface area (Å²) in [6, 6.07) is 4.68. The van der Waals surface area contributed by atoms with Gasteiger partial charge in [-0.15, -0.1) is 0 Å². The van der Waals surface area contributed by atoms with Crippen LogP contribution in [0.5, 0.6) is 0 Å². The molecule has 1 fully saturated rings. The van der Waals surface area contributed by atoms with Crippen LogP contribution in [0.3, 0.4) is 0 Å². The van der Waals surface area contributed by atoms with Crippen LogP contribution in [0.2, 0.25) is 0 Å². The number of anilines is 1. The SMILES string of the molecule is CC[C@H](O)c1ccc(N(C)C2CCCCC2)cn1. The van der Waals surface area contributed by atoms with Gasteiger partial charge < -0.3 is 10.0 Å². The van der Waals surface area contributed by atoms with Gasteiger partial charge in [0.25, 0.3) is 0 Å². The molecule has 0 aromatic carbocycles. The van der Waals surface area contributed by atoms with Crippen LogP contribution in [0.4, 0.5) is 5.69 Å². The van der Waals surface area contributed by atoms with Crippen molar-refractivity contribution >= 4 is 5.69 Å². The molecule has 1 aromatic rings. The summed E-state index contributed by atoms with van der Waals surface area (Å²) in [6.07, 6.45) is 8.81. The molecule has 1 aromatic heterocycles. The van der Waals surface area contributed by atoms with E-state index in [1.54, 1.807) is 0 Å². The first-order chi connectivity index (χ1) is 8.72. The normalized spacial score (nSPS) is 18.6. The fourth-order valence-corrected chi connectivity index (χ4v) is 2.69. The molecule has 1 N–H and O–H groups in total. The van der Waals surface area contributed by atoms with Gasteiger partial charge in [-0.3, -0.25) is 4.98 Å². The number of hydrogen-bond donors (Lipinski definition) is 1. The quantitative estimate of drug-likeness (QED) is 0.888. The molecule has 3 heteroatoms. The molecule has 1 aliphatic rings. The predicted octanol–water partition coefficient (Wildman–Crippen LogP) is 3.29. The van der Waals surface area contributed by atoms with E-state index < -0.39 is 6.10 Å². The van der Waals surface area contributed by atoms with Crippen LogP contribution in [0.25, 0.3) is 0 Å². The van der Waals surface area contributed by atoms with Gasteiger partial charge in [0, 0.05) is 13.1 Å². The molecule has 0 amide bonds. The molecular weight excluding hydrogens is 224 g/mol. The smallest absolute Gasteiger partial charge is 0.0957 e. The van der Waals surface area contributed by atoms with E-state index in [1.807, 2.05) is 19.2 Å². The van der Waals surface area contributed by atoms with E-state index in [4.69, 9.17) is 0 Å². The molecule has 1 heterocycles. The summed E-state index contributed by atoms with van der Waals surface area (Å²) in [5.74, 6) is 0. The lowest BCUT2D eigenvalue weighted by Gasteiger charge is -2.32. The van der Waals surface area contributed by atoms with E-state index in [0.29, 0.717) is 12.5 Å². The van der Waals surface area contributed by atoms with Crippen molar-refractivity contribution in [2.24, 2.45) is 0 Å². The number of aliphatic hydroxyl groups excluding tert-OH is 1. The molecule has 2 rings (SSSR count). The average molecular weight is 248 g/mol. The fraction of sp³-hybridized carbons (Fsp3) is 0.667. The first kappa shape index (κ1) is 13.3. The van der Waals surface area contributed by atoms with E-state index >= 15 is 0 Å². The van der Waals surface area contributed by atoms with Crippen LogP contribution >= 0.6 is 0 Å². The molecule has 0 radical (unpaired) electrons. The van der Waals surface area contributed by atoms with E-state index in [9.17, 15) is 5.11 Å². The number of rotatable bonds is 4. The Morgan fingerprint density at radius 1 is 1.33 bits per heavy atom. The second-order valence-electron chi connectivity index (χ2n) is 5.27. The van der Waals surface area contributed by atoms with Crippen LogP contribution in [-0.4, -0.2) is 23.2 Å². The average Bonchev–Trinajstić information content (AvgIpc) is 2.47. The van der Waals surface area contributed by atoms with Crippen molar-refractivity contribution in [3.63, 3.8) is 0 Å². The Morgan fingerprint density at radius 2 is 2.06 bits per heavy atom. The highest BCUT2D eigenvalue weighted by Crippen LogP contribution is 2.26. The Hall–Kier alpha value is -1.09. The number of pyridine rings is 1. The Bertz CT molecular complexity index is 357. The third-order valence-corrected chi connectivity index (χ3v) is 4.03. The van der Waals surface area contributed by atoms with Gasteiger partial charge in [-0.2, -0.15) is 0 Å². The monoisotopic (exact) mass is 248 g/mol. The molecule has 0 bridgehead atoms. The van der Waals surface area contributed by atoms with Crippen molar-refractivity contribution in [2.75, 3.05) is 11.9 Å². The van der Waals surface area contributed by atoms with Crippen LogP contribution in [0.15, 0.2) is 18.3 Å². The lowest BCUT2D eigenvalue weighted by molar-refractivity contribution is 0.169. The molecule has 0 saturated heterocycles. The zero-order chi connectivity index (χ0) is 13.0.